The van der Waals surface area contributed by atoms with Crippen LogP contribution in [0.25, 0.3) is 0 Å². The first-order valence-electron chi connectivity index (χ1n) is 11.7. The first kappa shape index (κ1) is 21.3. The average molecular weight is 437 g/mol. The van der Waals surface area contributed by atoms with E-state index in [1.54, 1.807) is 0 Å². The van der Waals surface area contributed by atoms with Crippen molar-refractivity contribution in [3.8, 4) is 11.5 Å². The number of likely N-dealkylation sites (tertiary alicyclic amines) is 1. The molecule has 2 unspecified atom stereocenters. The lowest BCUT2D eigenvalue weighted by atomic mass is 9.67. The van der Waals surface area contributed by atoms with E-state index in [1.165, 1.54) is 0 Å². The molecule has 1 saturated heterocycles. The number of aliphatic hydroxyl groups is 1. The molecule has 170 valence electrons. The first-order chi connectivity index (χ1) is 15.4. The van der Waals surface area contributed by atoms with Crippen molar-refractivity contribution in [1.29, 1.82) is 0 Å². The van der Waals surface area contributed by atoms with Crippen LogP contribution >= 0.6 is 0 Å². The Morgan fingerprint density at radius 3 is 2.72 bits per heavy atom. The van der Waals surface area contributed by atoms with Gasteiger partial charge >= 0.3 is 0 Å². The van der Waals surface area contributed by atoms with Gasteiger partial charge in [-0.25, -0.2) is 0 Å². The van der Waals surface area contributed by atoms with Gasteiger partial charge in [-0.2, -0.15) is 0 Å². The van der Waals surface area contributed by atoms with Gasteiger partial charge in [0.1, 0.15) is 28.7 Å². The zero-order valence-electron chi connectivity index (χ0n) is 19.1. The maximum absolute atomic E-state index is 14.2. The molecule has 0 aliphatic carbocycles. The molecule has 32 heavy (non-hydrogen) atoms. The third kappa shape index (κ3) is 3.28. The minimum atomic E-state index is -0.790. The van der Waals surface area contributed by atoms with Crippen molar-refractivity contribution >= 4 is 11.6 Å². The topological polar surface area (TPSA) is 62.2 Å². The third-order valence-corrected chi connectivity index (χ3v) is 7.01. The van der Waals surface area contributed by atoms with Crippen molar-refractivity contribution in [2.24, 2.45) is 0 Å². The number of carbonyl (C=O) groups is 1. The second-order valence-corrected chi connectivity index (χ2v) is 9.67. The van der Waals surface area contributed by atoms with E-state index >= 15 is 0 Å². The van der Waals surface area contributed by atoms with Crippen LogP contribution in [-0.2, 0) is 10.2 Å². The number of rotatable bonds is 5. The van der Waals surface area contributed by atoms with Crippen LogP contribution in [0.3, 0.4) is 0 Å². The Morgan fingerprint density at radius 2 is 1.97 bits per heavy atom. The van der Waals surface area contributed by atoms with Gasteiger partial charge in [-0.1, -0.05) is 24.3 Å². The molecule has 1 spiro atoms. The van der Waals surface area contributed by atoms with Crippen molar-refractivity contribution in [3.63, 3.8) is 0 Å². The number of benzene rings is 2. The number of aliphatic hydroxyl groups excluding tert-OH is 1. The quantitative estimate of drug-likeness (QED) is 0.775. The molecular weight excluding hydrogens is 404 g/mol. The van der Waals surface area contributed by atoms with Gasteiger partial charge in [0, 0.05) is 43.4 Å². The van der Waals surface area contributed by atoms with Gasteiger partial charge < -0.3 is 19.5 Å². The smallest absolute Gasteiger partial charge is 0.242 e. The van der Waals surface area contributed by atoms with Gasteiger partial charge in [0.2, 0.25) is 5.91 Å². The summed E-state index contributed by atoms with van der Waals surface area (Å²) in [5.41, 5.74) is 1.60. The lowest BCUT2D eigenvalue weighted by Gasteiger charge is -2.43. The third-order valence-electron chi connectivity index (χ3n) is 7.01. The standard InChI is InChI=1S/C26H32N2O4/c1-4-31-18-11-12-20-22(16-18)32-25(2,3)17-26(20)19-8-5-6-9-21(19)28(24(26)30)15-14-27-13-7-10-23(27)29/h5-6,8-9,11-12,16,23,29H,4,7,10,13-15,17H2,1-3H3. The highest BCUT2D eigenvalue weighted by Crippen LogP contribution is 2.56. The molecule has 0 aromatic heterocycles. The summed E-state index contributed by atoms with van der Waals surface area (Å²) in [6.45, 7) is 8.72. The minimum Gasteiger partial charge on any atom is -0.494 e. The molecule has 6 nitrogen and oxygen atoms in total. The van der Waals surface area contributed by atoms with Crippen LogP contribution in [0, 0.1) is 0 Å². The van der Waals surface area contributed by atoms with E-state index in [9.17, 15) is 9.90 Å². The monoisotopic (exact) mass is 436 g/mol. The lowest BCUT2D eigenvalue weighted by Crippen LogP contribution is -2.51. The lowest BCUT2D eigenvalue weighted by molar-refractivity contribution is -0.124. The molecule has 3 heterocycles. The normalized spacial score (nSPS) is 26.2. The number of ether oxygens (including phenoxy) is 2. The molecule has 3 aliphatic heterocycles. The van der Waals surface area contributed by atoms with Crippen LogP contribution in [0.1, 0.15) is 51.2 Å². The van der Waals surface area contributed by atoms with Gasteiger partial charge in [-0.05, 0) is 51.3 Å². The fourth-order valence-electron chi connectivity index (χ4n) is 5.74. The van der Waals surface area contributed by atoms with E-state index < -0.39 is 17.2 Å². The summed E-state index contributed by atoms with van der Waals surface area (Å²) in [5.74, 6) is 1.55. The van der Waals surface area contributed by atoms with E-state index in [-0.39, 0.29) is 5.91 Å². The summed E-state index contributed by atoms with van der Waals surface area (Å²) in [7, 11) is 0. The Morgan fingerprint density at radius 1 is 1.16 bits per heavy atom. The van der Waals surface area contributed by atoms with Crippen LogP contribution in [0.15, 0.2) is 42.5 Å². The number of hydrogen-bond acceptors (Lipinski definition) is 5. The first-order valence-corrected chi connectivity index (χ1v) is 11.7. The second kappa shape index (κ2) is 7.78. The molecule has 1 fully saturated rings. The molecule has 2 aromatic carbocycles. The number of hydrogen-bond donors (Lipinski definition) is 1. The number of amides is 1. The van der Waals surface area contributed by atoms with Crippen molar-refractivity contribution in [3.05, 3.63) is 53.6 Å². The number of carbonyl (C=O) groups excluding carboxylic acids is 1. The Hall–Kier alpha value is -2.57. The van der Waals surface area contributed by atoms with Crippen LogP contribution in [-0.4, -0.2) is 54.0 Å². The van der Waals surface area contributed by atoms with E-state index in [0.717, 1.165) is 42.0 Å². The van der Waals surface area contributed by atoms with E-state index in [0.29, 0.717) is 31.9 Å². The van der Waals surface area contributed by atoms with Crippen LogP contribution in [0.2, 0.25) is 0 Å². The van der Waals surface area contributed by atoms with Gasteiger partial charge in [-0.15, -0.1) is 0 Å². The predicted molar refractivity (Wildman–Crippen MR) is 123 cm³/mol. The second-order valence-electron chi connectivity index (χ2n) is 9.67. The predicted octanol–water partition coefficient (Wildman–Crippen LogP) is 3.69. The summed E-state index contributed by atoms with van der Waals surface area (Å²) >= 11 is 0. The van der Waals surface area contributed by atoms with Crippen LogP contribution in [0.5, 0.6) is 11.5 Å². The maximum Gasteiger partial charge on any atom is 0.242 e. The summed E-state index contributed by atoms with van der Waals surface area (Å²) in [5, 5.41) is 10.2. The van der Waals surface area contributed by atoms with E-state index in [1.807, 2.05) is 62.1 Å². The summed E-state index contributed by atoms with van der Waals surface area (Å²) in [4.78, 5) is 18.2. The fourth-order valence-corrected chi connectivity index (χ4v) is 5.74. The Balaban J connectivity index is 1.58. The Bertz CT molecular complexity index is 1040. The minimum absolute atomic E-state index is 0.0918. The maximum atomic E-state index is 14.2. The Labute approximate surface area is 189 Å². The molecule has 2 aromatic rings. The summed E-state index contributed by atoms with van der Waals surface area (Å²) in [6, 6.07) is 14.0. The van der Waals surface area contributed by atoms with E-state index in [4.69, 9.17) is 9.47 Å². The molecule has 5 rings (SSSR count). The molecule has 1 amide bonds. The van der Waals surface area contributed by atoms with Crippen molar-refractivity contribution in [1.82, 2.24) is 4.90 Å². The zero-order valence-corrected chi connectivity index (χ0v) is 19.1. The molecular formula is C26H32N2O4. The highest BCUT2D eigenvalue weighted by molar-refractivity contribution is 6.11. The van der Waals surface area contributed by atoms with Gasteiger partial charge in [0.15, 0.2) is 0 Å². The van der Waals surface area contributed by atoms with Crippen molar-refractivity contribution in [2.45, 2.75) is 57.3 Å². The molecule has 0 saturated carbocycles. The highest BCUT2D eigenvalue weighted by atomic mass is 16.5. The molecule has 0 bridgehead atoms. The van der Waals surface area contributed by atoms with Crippen molar-refractivity contribution < 1.29 is 19.4 Å². The van der Waals surface area contributed by atoms with Gasteiger partial charge in [-0.3, -0.25) is 9.69 Å². The molecule has 3 aliphatic rings. The average Bonchev–Trinajstić information content (AvgIpc) is 3.26. The molecule has 1 N–H and O–H groups in total. The zero-order chi connectivity index (χ0) is 22.5. The summed E-state index contributed by atoms with van der Waals surface area (Å²) in [6.07, 6.45) is 1.96. The number of nitrogens with zero attached hydrogens (tertiary/aromatic N) is 2. The molecule has 2 atom stereocenters. The van der Waals surface area contributed by atoms with Crippen LogP contribution in [0.4, 0.5) is 5.69 Å². The number of fused-ring (bicyclic) bond motifs is 4. The summed E-state index contributed by atoms with van der Waals surface area (Å²) < 4.78 is 12.1. The van der Waals surface area contributed by atoms with Gasteiger partial charge in [0.05, 0.1) is 6.61 Å². The largest absolute Gasteiger partial charge is 0.494 e. The van der Waals surface area contributed by atoms with Crippen molar-refractivity contribution in [2.75, 3.05) is 31.1 Å². The fraction of sp³-hybridized carbons (Fsp3) is 0.500. The van der Waals surface area contributed by atoms with Crippen LogP contribution < -0.4 is 14.4 Å². The van der Waals surface area contributed by atoms with Gasteiger partial charge in [0.25, 0.3) is 0 Å². The molecule has 6 heteroatoms. The SMILES string of the molecule is CCOc1ccc2c(c1)OC(C)(C)CC21C(=O)N(CCN2CCCC2O)c2ccccc21. The molecule has 0 radical (unpaired) electrons. The Kier molecular flexibility index (Phi) is 5.18. The van der Waals surface area contributed by atoms with E-state index in [2.05, 4.69) is 11.0 Å². The highest BCUT2D eigenvalue weighted by Gasteiger charge is 2.58. The number of anilines is 1. The number of para-hydroxylation sites is 1.